The van der Waals surface area contributed by atoms with Gasteiger partial charge in [-0.25, -0.2) is 61.5 Å². The molecule has 6 aliphatic rings. The van der Waals surface area contributed by atoms with Gasteiger partial charge in [0, 0.05) is 199 Å². The molecule has 11 heterocycles. The zero-order valence-electron chi connectivity index (χ0n) is 60.0. The maximum atomic E-state index is 13.3. The summed E-state index contributed by atoms with van der Waals surface area (Å²) >= 11 is 10.9. The van der Waals surface area contributed by atoms with E-state index in [2.05, 4.69) is 95.8 Å². The van der Waals surface area contributed by atoms with Crippen molar-refractivity contribution in [2.75, 3.05) is 153 Å². The fraction of sp³-hybridized carbons (Fsp3) is 0.652. The monoisotopic (exact) mass is 1510 g/mol. The highest BCUT2D eigenvalue weighted by atomic mass is 35.7. The van der Waals surface area contributed by atoms with Gasteiger partial charge in [0.1, 0.15) is 26.4 Å². The number of morpholine rings is 3. The third kappa shape index (κ3) is 26.0. The van der Waals surface area contributed by atoms with Gasteiger partial charge in [0.15, 0.2) is 0 Å². The van der Waals surface area contributed by atoms with Gasteiger partial charge in [-0.05, 0) is 119 Å². The van der Waals surface area contributed by atoms with Crippen molar-refractivity contribution in [3.05, 3.63) is 101 Å². The fourth-order valence-electron chi connectivity index (χ4n) is 11.4. The summed E-state index contributed by atoms with van der Waals surface area (Å²) in [6, 6.07) is 7.21. The first-order valence-corrected chi connectivity index (χ1v) is 38.3. The number of carbonyl (C=O) groups is 1. The minimum atomic E-state index is -3.73. The Bertz CT molecular complexity index is 3590. The van der Waals surface area contributed by atoms with Crippen molar-refractivity contribution in [3.8, 4) is 0 Å². The molecule has 0 saturated carbocycles. The number of aromatic nitrogens is 8. The van der Waals surface area contributed by atoms with Crippen molar-refractivity contribution < 1.29 is 55.9 Å². The van der Waals surface area contributed by atoms with E-state index < -0.39 is 41.5 Å². The van der Waals surface area contributed by atoms with Crippen LogP contribution in [0.5, 0.6) is 0 Å². The van der Waals surface area contributed by atoms with Crippen molar-refractivity contribution in [2.45, 2.75) is 152 Å². The number of carbonyl (C=O) groups excluding carboxylic acids is 1. The third-order valence-corrected chi connectivity index (χ3v) is 21.1. The molecule has 6 aliphatic heterocycles. The van der Waals surface area contributed by atoms with Crippen LogP contribution in [-0.2, 0) is 54.8 Å². The van der Waals surface area contributed by atoms with Crippen LogP contribution in [0.1, 0.15) is 99.8 Å². The molecule has 6 fully saturated rings. The summed E-state index contributed by atoms with van der Waals surface area (Å²) in [5.74, 6) is 1.54. The van der Waals surface area contributed by atoms with Gasteiger partial charge in [-0.1, -0.05) is 11.6 Å². The number of sulfonamides is 1. The molecular weight excluding hydrogens is 1410 g/mol. The molecule has 0 aliphatic carbocycles. The minimum Gasteiger partial charge on any atom is -0.444 e. The predicted molar refractivity (Wildman–Crippen MR) is 387 cm³/mol. The van der Waals surface area contributed by atoms with E-state index in [0.717, 1.165) is 103 Å². The summed E-state index contributed by atoms with van der Waals surface area (Å²) in [6.45, 7) is 38.2. The van der Waals surface area contributed by atoms with E-state index in [0.29, 0.717) is 87.2 Å². The van der Waals surface area contributed by atoms with Crippen molar-refractivity contribution in [1.29, 1.82) is 0 Å². The molecule has 7 N–H and O–H groups in total. The van der Waals surface area contributed by atoms with Crippen LogP contribution in [-0.4, -0.2) is 282 Å². The minimum absolute atomic E-state index is 0.0523. The number of rotatable bonds is 14. The van der Waals surface area contributed by atoms with Crippen LogP contribution in [0, 0.1) is 0 Å². The summed E-state index contributed by atoms with van der Waals surface area (Å²) in [4.78, 5) is 58.6. The summed E-state index contributed by atoms with van der Waals surface area (Å²) in [6.07, 6.45) is 11.9. The van der Waals surface area contributed by atoms with Gasteiger partial charge in [0.05, 0.1) is 68.5 Å². The number of hydrogen-bond acceptors (Lipinski definition) is 28. The van der Waals surface area contributed by atoms with Crippen LogP contribution in [0.25, 0.3) is 0 Å². The lowest BCUT2D eigenvalue weighted by molar-refractivity contribution is -0.0112. The topological polar surface area (TPSA) is 359 Å². The summed E-state index contributed by atoms with van der Waals surface area (Å²) < 4.78 is 71.5. The Hall–Kier alpha value is -5.50. The first-order chi connectivity index (χ1) is 47.3. The molecule has 0 spiro atoms. The second-order valence-corrected chi connectivity index (χ2v) is 33.5. The van der Waals surface area contributed by atoms with Crippen LogP contribution in [0.2, 0.25) is 10.4 Å². The van der Waals surface area contributed by atoms with E-state index in [-0.39, 0.29) is 50.8 Å². The van der Waals surface area contributed by atoms with Crippen LogP contribution in [0.4, 0.5) is 22.5 Å². The number of nitrogen functional groups attached to an aromatic ring is 1. The number of pyridine rings is 2. The molecule has 5 aromatic heterocycles. The largest absolute Gasteiger partial charge is 0.444 e. The summed E-state index contributed by atoms with van der Waals surface area (Å²) in [7, 11) is -2.39. The zero-order valence-corrected chi connectivity index (χ0v) is 63.9. The summed E-state index contributed by atoms with van der Waals surface area (Å²) in [5.41, 5.74) is 4.36. The van der Waals surface area contributed by atoms with Crippen molar-refractivity contribution in [3.63, 3.8) is 0 Å². The highest BCUT2D eigenvalue weighted by Gasteiger charge is 2.39. The van der Waals surface area contributed by atoms with E-state index in [9.17, 15) is 36.9 Å². The van der Waals surface area contributed by atoms with E-state index in [4.69, 9.17) is 58.6 Å². The molecule has 5 aromatic rings. The Balaban J connectivity index is 0.000000188. The maximum absolute atomic E-state index is 13.3. The molecule has 30 nitrogen and oxygen atoms in total. The van der Waals surface area contributed by atoms with Gasteiger partial charge in [-0.2, -0.15) is 4.31 Å². The van der Waals surface area contributed by atoms with Crippen molar-refractivity contribution >= 4 is 76.8 Å². The fourth-order valence-corrected chi connectivity index (χ4v) is 13.7. The van der Waals surface area contributed by atoms with Gasteiger partial charge in [0.25, 0.3) is 9.05 Å². The number of ether oxygens (including phenoxy) is 4. The second kappa shape index (κ2) is 37.0. The van der Waals surface area contributed by atoms with Crippen molar-refractivity contribution in [2.24, 2.45) is 0 Å². The van der Waals surface area contributed by atoms with Gasteiger partial charge in [-0.15, -0.1) is 0 Å². The van der Waals surface area contributed by atoms with Crippen LogP contribution in [0.3, 0.4) is 0 Å². The average molecular weight is 1510 g/mol. The number of anilines is 3. The van der Waals surface area contributed by atoms with Crippen LogP contribution in [0.15, 0.2) is 83.6 Å². The van der Waals surface area contributed by atoms with E-state index in [1.54, 1.807) is 66.3 Å². The lowest BCUT2D eigenvalue weighted by atomic mass is 10.0. The van der Waals surface area contributed by atoms with Gasteiger partial charge < -0.3 is 65.3 Å². The summed E-state index contributed by atoms with van der Waals surface area (Å²) in [5, 5.41) is 37.2. The molecule has 1 amide bonds. The highest BCUT2D eigenvalue weighted by Crippen LogP contribution is 2.28. The third-order valence-electron chi connectivity index (χ3n) is 17.5. The number of aliphatic hydroxyl groups is 3. The van der Waals surface area contributed by atoms with Gasteiger partial charge in [-0.3, -0.25) is 14.7 Å². The zero-order chi connectivity index (χ0) is 74.1. The highest BCUT2D eigenvalue weighted by molar-refractivity contribution is 8.13. The lowest BCUT2D eigenvalue weighted by Gasteiger charge is -2.44. The van der Waals surface area contributed by atoms with Crippen LogP contribution >= 0.6 is 33.9 Å². The van der Waals surface area contributed by atoms with E-state index >= 15 is 0 Å². The number of hydrogen-bond donors (Lipinski definition) is 6. The Morgan fingerprint density at radius 1 is 0.574 bits per heavy atom. The molecule has 0 unspecified atom stereocenters. The smallest absolute Gasteiger partial charge is 0.410 e. The number of nitrogens with zero attached hydrogens (tertiary/aromatic N) is 15. The van der Waals surface area contributed by atoms with E-state index in [1.165, 1.54) is 47.2 Å². The molecule has 6 atom stereocenters. The van der Waals surface area contributed by atoms with Crippen LogP contribution < -0.4 is 26.2 Å². The molecule has 35 heteroatoms. The molecule has 6 saturated heterocycles. The van der Waals surface area contributed by atoms with Gasteiger partial charge >= 0.3 is 6.09 Å². The quantitative estimate of drug-likeness (QED) is 0.0509. The Morgan fingerprint density at radius 3 is 1.49 bits per heavy atom. The predicted octanol–water partition coefficient (Wildman–Crippen LogP) is 4.42. The number of halogens is 3. The SMILES string of the molecule is CC(C)(O)c1cnc(Cl)nc1.C[C@H]1COCCN1C[C@H]1CN(C(=O)OC(C)(C)C)CCN1.C[C@H]1COCCN1C[C@H]1CN(S(=O)(=O)c2ccc(N)nc2)CCN1c1ncc(C(C)(C)O)cn1.C[C@H]1COCCN1C[C@H]1CNCCN1c1ncc(C(C)(C)O)cn1.O=S(=O)(Cl)c1ccc(Cl)nc1. The Kier molecular flexibility index (Phi) is 30.3. The molecule has 11 rings (SSSR count). The molecule has 0 bridgehead atoms. The molecule has 562 valence electrons. The second-order valence-electron chi connectivity index (χ2n) is 28.2. The maximum Gasteiger partial charge on any atom is 0.410 e. The van der Waals surface area contributed by atoms with E-state index in [1.807, 2.05) is 25.7 Å². The normalized spacial score (nSPS) is 22.6. The molecular formula is C66H103Cl3N18O12S2. The molecule has 101 heavy (non-hydrogen) atoms. The first-order valence-electron chi connectivity index (χ1n) is 33.8. The lowest BCUT2D eigenvalue weighted by Crippen LogP contribution is -2.60. The number of amides is 1. The van der Waals surface area contributed by atoms with Crippen molar-refractivity contribution in [1.82, 2.24) is 74.4 Å². The average Bonchev–Trinajstić information content (AvgIpc) is 0.781. The Labute approximate surface area is 609 Å². The molecule has 0 radical (unpaired) electrons. The number of nitrogens with two attached hydrogens (primary N) is 1. The Morgan fingerprint density at radius 2 is 1.04 bits per heavy atom. The first kappa shape index (κ1) is 82.8. The standard InChI is InChI=1S/C22H33N7O4S.C17H29N5O2.C15H29N3O3.C7H9ClN2O.C5H3Cl2NO2S/c1-16-15-33-9-8-27(16)13-18-14-28(34(31,32)19-4-5-20(23)24-12-19)6-7-29(18)21-25-10-17(11-26-21)22(2,3)30;1-13-12-24-7-6-21(13)11-15-10-18-4-5-22(15)16-19-8-14(9-20-16)17(2,3)23;1-12-11-20-8-7-17(12)9-13-10-18(6-5-16-13)14(19)21-15(2,3)4;1-7(2,11)5-3-9-6(8)10-4-5;6-5-2-1-4(3-8-5)11(7,9)10/h4-5,10-12,16,18,30H,6-9,13-15H2,1-3H3,(H2,23,24);8-9,13,15,18,23H,4-7,10-12H2,1-3H3;12-13,16H,5-11H2,1-4H3;3-4,11H,1-2H3;1-3H/t16-,18-;13-,15+;12-,13-;;/m000../s1. The number of piperazine rings is 3. The molecule has 0 aromatic carbocycles. The van der Waals surface area contributed by atoms with Gasteiger partial charge in [0.2, 0.25) is 27.2 Å². The number of nitrogens with one attached hydrogen (secondary N) is 2.